The number of Topliss-reactive ketones (excluding diaryl/α,β-unsaturated/α-hetero) is 1. The molecule has 0 atom stereocenters. The van der Waals surface area contributed by atoms with Gasteiger partial charge in [-0.25, -0.2) is 0 Å². The van der Waals surface area contributed by atoms with Gasteiger partial charge in [0.1, 0.15) is 5.78 Å². The van der Waals surface area contributed by atoms with Crippen LogP contribution in [0.15, 0.2) is 0 Å². The molecule has 0 saturated heterocycles. The van der Waals surface area contributed by atoms with Gasteiger partial charge in [0, 0.05) is 18.9 Å². The molecule has 0 aromatic carbocycles. The third-order valence-corrected chi connectivity index (χ3v) is 3.39. The number of rotatable bonds is 15. The first-order valence-electron chi connectivity index (χ1n) is 8.09. The molecule has 4 nitrogen and oxygen atoms in total. The van der Waals surface area contributed by atoms with Gasteiger partial charge in [0.05, 0.1) is 6.54 Å². The minimum Gasteiger partial charge on any atom is -0.550 e. The Hall–Kier alpha value is 0.100. The van der Waals surface area contributed by atoms with Gasteiger partial charge in [-0.2, -0.15) is 0 Å². The second-order valence-corrected chi connectivity index (χ2v) is 5.42. The molecule has 118 valence electrons. The van der Waals surface area contributed by atoms with Gasteiger partial charge in [-0.1, -0.05) is 58.3 Å². The summed E-state index contributed by atoms with van der Waals surface area (Å²) >= 11 is 0. The first kappa shape index (κ1) is 23.4. The Morgan fingerprint density at radius 3 is 1.90 bits per heavy atom. The third-order valence-electron chi connectivity index (χ3n) is 3.39. The van der Waals surface area contributed by atoms with Gasteiger partial charge >= 0.3 is 29.6 Å². The van der Waals surface area contributed by atoms with Gasteiger partial charge in [-0.3, -0.25) is 4.79 Å². The smallest absolute Gasteiger partial charge is 0.550 e. The second kappa shape index (κ2) is 18.1. The van der Waals surface area contributed by atoms with Crippen molar-refractivity contribution in [1.29, 1.82) is 0 Å². The molecule has 0 rings (SSSR count). The number of carboxylic acid groups (broad SMARTS) is 1. The quantitative estimate of drug-likeness (QED) is 0.318. The van der Waals surface area contributed by atoms with Crippen LogP contribution in [0, 0.1) is 0 Å². The van der Waals surface area contributed by atoms with E-state index in [1.807, 2.05) is 0 Å². The van der Waals surface area contributed by atoms with Crippen LogP contribution in [0.25, 0.3) is 0 Å². The predicted octanol–water partition coefficient (Wildman–Crippen LogP) is -0.790. The van der Waals surface area contributed by atoms with Crippen molar-refractivity contribution in [3.05, 3.63) is 0 Å². The standard InChI is InChI=1S/C16H31NO3.Na/c1-2-3-4-5-6-7-8-9-10-11-15(18)14-17-13-12-16(19)20;/h17H,2-14H2,1H3,(H,19,20);/q;+1/p-1. The summed E-state index contributed by atoms with van der Waals surface area (Å²) in [7, 11) is 0. The molecule has 0 fully saturated rings. The molecule has 0 aliphatic carbocycles. The molecule has 21 heavy (non-hydrogen) atoms. The number of carbonyl (C=O) groups is 2. The summed E-state index contributed by atoms with van der Waals surface area (Å²) in [5.74, 6) is -0.907. The Kier molecular flexibility index (Phi) is 20.2. The van der Waals surface area contributed by atoms with Crippen molar-refractivity contribution in [1.82, 2.24) is 5.32 Å². The van der Waals surface area contributed by atoms with Crippen molar-refractivity contribution in [2.45, 2.75) is 77.6 Å². The Bertz CT molecular complexity index is 260. The average Bonchev–Trinajstić information content (AvgIpc) is 2.41. The molecule has 5 heteroatoms. The second-order valence-electron chi connectivity index (χ2n) is 5.42. The fraction of sp³-hybridized carbons (Fsp3) is 0.875. The van der Waals surface area contributed by atoms with Crippen molar-refractivity contribution >= 4 is 11.8 Å². The Morgan fingerprint density at radius 1 is 0.857 bits per heavy atom. The number of unbranched alkanes of at least 4 members (excludes halogenated alkanes) is 8. The van der Waals surface area contributed by atoms with E-state index >= 15 is 0 Å². The van der Waals surface area contributed by atoms with E-state index in [2.05, 4.69) is 12.2 Å². The summed E-state index contributed by atoms with van der Waals surface area (Å²) in [6, 6.07) is 0. The zero-order valence-corrected chi connectivity index (χ0v) is 15.9. The fourth-order valence-electron chi connectivity index (χ4n) is 2.14. The molecule has 1 N–H and O–H groups in total. The monoisotopic (exact) mass is 307 g/mol. The maximum absolute atomic E-state index is 11.5. The molecule has 0 spiro atoms. The average molecular weight is 307 g/mol. The SMILES string of the molecule is CCCCCCCCCCCC(=O)CNCCC(=O)[O-].[Na+]. The van der Waals surface area contributed by atoms with E-state index in [0.29, 0.717) is 13.0 Å². The van der Waals surface area contributed by atoms with E-state index in [0.717, 1.165) is 12.8 Å². The van der Waals surface area contributed by atoms with Gasteiger partial charge in [0.2, 0.25) is 0 Å². The predicted molar refractivity (Wildman–Crippen MR) is 79.3 cm³/mol. The van der Waals surface area contributed by atoms with E-state index in [4.69, 9.17) is 0 Å². The molecule has 0 unspecified atom stereocenters. The maximum Gasteiger partial charge on any atom is 1.00 e. The fourth-order valence-corrected chi connectivity index (χ4v) is 2.14. The largest absolute Gasteiger partial charge is 1.00 e. The van der Waals surface area contributed by atoms with Crippen molar-refractivity contribution < 1.29 is 44.3 Å². The summed E-state index contributed by atoms with van der Waals surface area (Å²) in [4.78, 5) is 21.6. The van der Waals surface area contributed by atoms with E-state index in [-0.39, 0.29) is 48.3 Å². The van der Waals surface area contributed by atoms with E-state index in [9.17, 15) is 14.7 Å². The van der Waals surface area contributed by atoms with Gasteiger partial charge in [-0.05, 0) is 12.8 Å². The number of carboxylic acids is 1. The van der Waals surface area contributed by atoms with Crippen LogP contribution >= 0.6 is 0 Å². The van der Waals surface area contributed by atoms with Crippen LogP contribution in [0.1, 0.15) is 77.6 Å². The third kappa shape index (κ3) is 20.1. The number of nitrogens with one attached hydrogen (secondary N) is 1. The Morgan fingerprint density at radius 2 is 1.38 bits per heavy atom. The molecule has 0 radical (unpaired) electrons. The zero-order valence-electron chi connectivity index (χ0n) is 13.9. The first-order chi connectivity index (χ1) is 9.66. The number of carbonyl (C=O) groups excluding carboxylic acids is 2. The van der Waals surface area contributed by atoms with Crippen LogP contribution in [0.3, 0.4) is 0 Å². The van der Waals surface area contributed by atoms with Gasteiger partial charge < -0.3 is 15.2 Å². The zero-order chi connectivity index (χ0) is 15.1. The summed E-state index contributed by atoms with van der Waals surface area (Å²) in [5, 5.41) is 13.0. The van der Waals surface area contributed by atoms with Crippen molar-refractivity contribution in [2.24, 2.45) is 0 Å². The molecular formula is C16H30NNaO3. The molecule has 0 bridgehead atoms. The van der Waals surface area contributed by atoms with E-state index in [1.54, 1.807) is 0 Å². The molecule has 0 saturated carbocycles. The Labute approximate surface area is 151 Å². The van der Waals surface area contributed by atoms with Crippen molar-refractivity contribution in [2.75, 3.05) is 13.1 Å². The maximum atomic E-state index is 11.5. The Balaban J connectivity index is 0. The minimum absolute atomic E-state index is 0. The number of hydrogen-bond donors (Lipinski definition) is 1. The molecule has 0 aromatic heterocycles. The normalized spacial score (nSPS) is 10.1. The van der Waals surface area contributed by atoms with E-state index < -0.39 is 5.97 Å². The topological polar surface area (TPSA) is 69.2 Å². The van der Waals surface area contributed by atoms with Crippen molar-refractivity contribution in [3.63, 3.8) is 0 Å². The number of aliphatic carboxylic acids is 1. The van der Waals surface area contributed by atoms with Crippen LogP contribution in [-0.4, -0.2) is 24.8 Å². The van der Waals surface area contributed by atoms with Gasteiger partial charge in [0.25, 0.3) is 0 Å². The minimum atomic E-state index is -1.08. The van der Waals surface area contributed by atoms with Crippen LogP contribution in [-0.2, 0) is 9.59 Å². The van der Waals surface area contributed by atoms with Crippen LogP contribution in [0.2, 0.25) is 0 Å². The van der Waals surface area contributed by atoms with E-state index in [1.165, 1.54) is 44.9 Å². The summed E-state index contributed by atoms with van der Waals surface area (Å²) < 4.78 is 0. The molecular weight excluding hydrogens is 277 g/mol. The van der Waals surface area contributed by atoms with Crippen molar-refractivity contribution in [3.8, 4) is 0 Å². The molecule has 0 heterocycles. The number of ketones is 1. The molecule has 0 aliphatic rings. The molecule has 0 amide bonds. The molecule has 0 aromatic rings. The van der Waals surface area contributed by atoms with Gasteiger partial charge in [-0.15, -0.1) is 0 Å². The summed E-state index contributed by atoms with van der Waals surface area (Å²) in [6.07, 6.45) is 11.8. The number of hydrogen-bond acceptors (Lipinski definition) is 4. The molecule has 0 aliphatic heterocycles. The first-order valence-corrected chi connectivity index (χ1v) is 8.09. The van der Waals surface area contributed by atoms with Crippen LogP contribution in [0.4, 0.5) is 0 Å². The van der Waals surface area contributed by atoms with Crippen LogP contribution < -0.4 is 40.0 Å². The van der Waals surface area contributed by atoms with Gasteiger partial charge in [0.15, 0.2) is 0 Å². The van der Waals surface area contributed by atoms with Crippen LogP contribution in [0.5, 0.6) is 0 Å². The summed E-state index contributed by atoms with van der Waals surface area (Å²) in [6.45, 7) is 2.82. The summed E-state index contributed by atoms with van der Waals surface area (Å²) in [5.41, 5.74) is 0.